The highest BCUT2D eigenvalue weighted by atomic mass is 19.1. The van der Waals surface area contributed by atoms with Crippen molar-refractivity contribution in [1.29, 1.82) is 0 Å². The van der Waals surface area contributed by atoms with E-state index in [2.05, 4.69) is 0 Å². The predicted octanol–water partition coefficient (Wildman–Crippen LogP) is 3.58. The highest BCUT2D eigenvalue weighted by Gasteiger charge is 2.44. The first kappa shape index (κ1) is 17.6. The molecule has 2 aromatic carbocycles. The normalized spacial score (nSPS) is 13.9. The van der Waals surface area contributed by atoms with Crippen LogP contribution in [-0.2, 0) is 5.41 Å². The molecule has 0 spiro atoms. The Morgan fingerprint density at radius 2 is 1.22 bits per heavy atom. The van der Waals surface area contributed by atoms with Gasteiger partial charge in [-0.2, -0.15) is 0 Å². The Kier molecular flexibility index (Phi) is 4.87. The number of hydrogen-bond donors (Lipinski definition) is 2. The summed E-state index contributed by atoms with van der Waals surface area (Å²) in [5, 5.41) is 0. The smallest absolute Gasteiger partial charge is 0.123 e. The molecule has 0 radical (unpaired) electrons. The molecule has 2 aromatic rings. The quantitative estimate of drug-likeness (QED) is 0.885. The van der Waals surface area contributed by atoms with E-state index in [0.717, 1.165) is 11.1 Å². The van der Waals surface area contributed by atoms with E-state index in [1.807, 2.05) is 20.8 Å². The van der Waals surface area contributed by atoms with Crippen molar-refractivity contribution >= 4 is 0 Å². The summed E-state index contributed by atoms with van der Waals surface area (Å²) < 4.78 is 26.7. The van der Waals surface area contributed by atoms with Crippen molar-refractivity contribution in [1.82, 2.24) is 0 Å². The van der Waals surface area contributed by atoms with Crippen molar-refractivity contribution in [2.24, 2.45) is 17.4 Å². The van der Waals surface area contributed by atoms with Gasteiger partial charge in [-0.25, -0.2) is 8.78 Å². The average molecular weight is 318 g/mol. The molecule has 0 saturated heterocycles. The maximum Gasteiger partial charge on any atom is 0.123 e. The van der Waals surface area contributed by atoms with Crippen molar-refractivity contribution in [3.05, 3.63) is 71.3 Å². The number of rotatable bonds is 5. The molecule has 0 aliphatic rings. The Hall–Kier alpha value is -1.78. The van der Waals surface area contributed by atoms with Crippen LogP contribution in [0.5, 0.6) is 0 Å². The second-order valence-corrected chi connectivity index (χ2v) is 6.73. The van der Waals surface area contributed by atoms with Crippen molar-refractivity contribution in [3.8, 4) is 0 Å². The molecule has 4 N–H and O–H groups in total. The Labute approximate surface area is 136 Å². The van der Waals surface area contributed by atoms with Crippen LogP contribution in [-0.4, -0.2) is 12.1 Å². The first-order chi connectivity index (χ1) is 10.7. The molecule has 0 amide bonds. The van der Waals surface area contributed by atoms with Crippen LogP contribution in [0.3, 0.4) is 0 Å². The van der Waals surface area contributed by atoms with Crippen molar-refractivity contribution in [2.45, 2.75) is 31.7 Å². The van der Waals surface area contributed by atoms with E-state index in [1.165, 1.54) is 24.3 Å². The third-order valence-corrected chi connectivity index (χ3v) is 4.90. The fourth-order valence-electron chi connectivity index (χ4n) is 3.21. The lowest BCUT2D eigenvalue weighted by atomic mass is 9.61. The Morgan fingerprint density at radius 1 is 0.870 bits per heavy atom. The van der Waals surface area contributed by atoms with Gasteiger partial charge in [0.2, 0.25) is 0 Å². The predicted molar refractivity (Wildman–Crippen MR) is 90.1 cm³/mol. The molecular formula is C19H24F2N2. The molecule has 2 nitrogen and oxygen atoms in total. The lowest BCUT2D eigenvalue weighted by Gasteiger charge is -2.45. The monoisotopic (exact) mass is 318 g/mol. The molecule has 2 rings (SSSR count). The summed E-state index contributed by atoms with van der Waals surface area (Å²) in [7, 11) is 0. The summed E-state index contributed by atoms with van der Waals surface area (Å²) in [6.45, 7) is 6.19. The summed E-state index contributed by atoms with van der Waals surface area (Å²) in [5.74, 6) is -0.673. The van der Waals surface area contributed by atoms with Crippen molar-refractivity contribution in [3.63, 3.8) is 0 Å². The minimum atomic E-state index is -0.625. The highest BCUT2D eigenvalue weighted by Crippen LogP contribution is 2.42. The van der Waals surface area contributed by atoms with Crippen LogP contribution in [0.15, 0.2) is 48.5 Å². The van der Waals surface area contributed by atoms with E-state index in [4.69, 9.17) is 11.5 Å². The number of nitrogens with two attached hydrogens (primary N) is 2. The van der Waals surface area contributed by atoms with Gasteiger partial charge in [0.1, 0.15) is 11.6 Å². The molecule has 4 heteroatoms. The van der Waals surface area contributed by atoms with Gasteiger partial charge in [-0.1, -0.05) is 31.2 Å². The maximum absolute atomic E-state index is 13.4. The summed E-state index contributed by atoms with van der Waals surface area (Å²) in [6.07, 6.45) is 0. The first-order valence-corrected chi connectivity index (χ1v) is 7.73. The Balaban J connectivity index is 2.70. The van der Waals surface area contributed by atoms with E-state index in [-0.39, 0.29) is 24.1 Å². The van der Waals surface area contributed by atoms with Gasteiger partial charge in [0.15, 0.2) is 0 Å². The zero-order chi connectivity index (χ0) is 17.3. The largest absolute Gasteiger partial charge is 0.329 e. The second kappa shape index (κ2) is 6.38. The Bertz CT molecular complexity index is 597. The zero-order valence-electron chi connectivity index (χ0n) is 13.8. The third kappa shape index (κ3) is 3.28. The Morgan fingerprint density at radius 3 is 1.48 bits per heavy atom. The summed E-state index contributed by atoms with van der Waals surface area (Å²) in [4.78, 5) is 0. The third-order valence-electron chi connectivity index (χ3n) is 4.90. The molecule has 0 aliphatic carbocycles. The fraction of sp³-hybridized carbons (Fsp3) is 0.368. The summed E-state index contributed by atoms with van der Waals surface area (Å²) >= 11 is 0. The molecule has 0 aromatic heterocycles. The summed E-state index contributed by atoms with van der Waals surface area (Å²) in [5.41, 5.74) is 13.2. The molecule has 0 aliphatic heterocycles. The molecule has 1 unspecified atom stereocenters. The molecule has 1 atom stereocenters. The van der Waals surface area contributed by atoms with Gasteiger partial charge in [-0.05, 0) is 55.2 Å². The van der Waals surface area contributed by atoms with E-state index in [9.17, 15) is 8.78 Å². The van der Waals surface area contributed by atoms with Gasteiger partial charge in [0.05, 0.1) is 0 Å². The van der Waals surface area contributed by atoms with E-state index >= 15 is 0 Å². The molecule has 23 heavy (non-hydrogen) atoms. The molecule has 0 heterocycles. The molecule has 0 fully saturated rings. The van der Waals surface area contributed by atoms with Crippen LogP contribution in [0.25, 0.3) is 0 Å². The minimum absolute atomic E-state index is 0.0593. The maximum atomic E-state index is 13.4. The highest BCUT2D eigenvalue weighted by molar-refractivity contribution is 5.42. The van der Waals surface area contributed by atoms with Crippen LogP contribution in [0, 0.1) is 17.6 Å². The molecule has 0 bridgehead atoms. The van der Waals surface area contributed by atoms with Crippen molar-refractivity contribution in [2.75, 3.05) is 6.54 Å². The molecular weight excluding hydrogens is 294 g/mol. The second-order valence-electron chi connectivity index (χ2n) is 6.73. The van der Waals surface area contributed by atoms with Crippen molar-refractivity contribution < 1.29 is 8.78 Å². The number of halogens is 2. The van der Waals surface area contributed by atoms with E-state index < -0.39 is 11.0 Å². The topological polar surface area (TPSA) is 52.0 Å². The van der Waals surface area contributed by atoms with Crippen LogP contribution in [0.4, 0.5) is 8.78 Å². The van der Waals surface area contributed by atoms with Gasteiger partial charge >= 0.3 is 0 Å². The number of hydrogen-bond acceptors (Lipinski definition) is 2. The van der Waals surface area contributed by atoms with Gasteiger partial charge in [0, 0.05) is 17.5 Å². The van der Waals surface area contributed by atoms with Gasteiger partial charge in [-0.3, -0.25) is 0 Å². The SMILES string of the molecule is CC(C(C)(C)N)C(CN)(c1ccc(F)cc1)c1ccc(F)cc1. The van der Waals surface area contributed by atoms with E-state index in [0.29, 0.717) is 0 Å². The lowest BCUT2D eigenvalue weighted by Crippen LogP contribution is -2.54. The molecule has 124 valence electrons. The van der Waals surface area contributed by atoms with Crippen LogP contribution in [0.1, 0.15) is 31.9 Å². The minimum Gasteiger partial charge on any atom is -0.329 e. The van der Waals surface area contributed by atoms with Gasteiger partial charge < -0.3 is 11.5 Å². The summed E-state index contributed by atoms with van der Waals surface area (Å²) in [6, 6.07) is 12.6. The zero-order valence-corrected chi connectivity index (χ0v) is 13.8. The lowest BCUT2D eigenvalue weighted by molar-refractivity contribution is 0.232. The number of benzene rings is 2. The molecule has 0 saturated carbocycles. The van der Waals surface area contributed by atoms with Crippen LogP contribution < -0.4 is 11.5 Å². The van der Waals surface area contributed by atoms with Gasteiger partial charge in [-0.15, -0.1) is 0 Å². The first-order valence-electron chi connectivity index (χ1n) is 7.73. The average Bonchev–Trinajstić information content (AvgIpc) is 2.50. The van der Waals surface area contributed by atoms with Crippen LogP contribution >= 0.6 is 0 Å². The van der Waals surface area contributed by atoms with E-state index in [1.54, 1.807) is 24.3 Å². The fourth-order valence-corrected chi connectivity index (χ4v) is 3.21. The van der Waals surface area contributed by atoms with Crippen LogP contribution in [0.2, 0.25) is 0 Å². The van der Waals surface area contributed by atoms with Gasteiger partial charge in [0.25, 0.3) is 0 Å². The standard InChI is InChI=1S/C19H24F2N2/c1-13(18(2,3)23)19(12-22,14-4-8-16(20)9-5-14)15-6-10-17(21)11-7-15/h4-11,13H,12,22-23H2,1-3H3.